The number of anilines is 1. The first-order valence-electron chi connectivity index (χ1n) is 12.6. The van der Waals surface area contributed by atoms with E-state index in [1.807, 2.05) is 29.8 Å². The Hall–Kier alpha value is -3.82. The summed E-state index contributed by atoms with van der Waals surface area (Å²) in [7, 11) is 0. The van der Waals surface area contributed by atoms with E-state index in [0.717, 1.165) is 65.1 Å². The number of aromatic nitrogens is 2. The van der Waals surface area contributed by atoms with Crippen LogP contribution in [-0.2, 0) is 0 Å². The molecule has 0 spiro atoms. The summed E-state index contributed by atoms with van der Waals surface area (Å²) >= 11 is 6.26. The summed E-state index contributed by atoms with van der Waals surface area (Å²) in [5.74, 6) is 1.24. The third-order valence-corrected chi connectivity index (χ3v) is 7.60. The first kappa shape index (κ1) is 24.5. The molecule has 10 heteroatoms. The van der Waals surface area contributed by atoms with Crippen molar-refractivity contribution in [2.45, 2.75) is 44.7 Å². The van der Waals surface area contributed by atoms with Gasteiger partial charge in [0.2, 0.25) is 6.79 Å². The van der Waals surface area contributed by atoms with E-state index >= 15 is 0 Å². The van der Waals surface area contributed by atoms with Gasteiger partial charge >= 0.3 is 0 Å². The molecule has 1 fully saturated rings. The molecule has 0 atom stereocenters. The van der Waals surface area contributed by atoms with Gasteiger partial charge in [0.1, 0.15) is 11.7 Å². The molecule has 38 heavy (non-hydrogen) atoms. The second-order valence-corrected chi connectivity index (χ2v) is 10.2. The van der Waals surface area contributed by atoms with Crippen LogP contribution in [0.15, 0.2) is 53.8 Å². The maximum absolute atomic E-state index is 13.9. The van der Waals surface area contributed by atoms with Crippen molar-refractivity contribution in [1.29, 1.82) is 0 Å². The monoisotopic (exact) mass is 534 g/mol. The van der Waals surface area contributed by atoms with Gasteiger partial charge in [0.15, 0.2) is 11.5 Å². The van der Waals surface area contributed by atoms with Crippen LogP contribution in [0, 0.1) is 12.7 Å². The van der Waals surface area contributed by atoms with Gasteiger partial charge in [0.25, 0.3) is 0 Å². The quantitative estimate of drug-likeness (QED) is 0.228. The number of aliphatic imine (C=N–C) groups is 1. The molecule has 2 aliphatic rings. The summed E-state index contributed by atoms with van der Waals surface area (Å²) in [6, 6.07) is 10.5. The highest BCUT2D eigenvalue weighted by atomic mass is 35.5. The normalized spacial score (nSPS) is 19.2. The number of nitrogens with zero attached hydrogens (tertiary/aromatic N) is 3. The van der Waals surface area contributed by atoms with Crippen molar-refractivity contribution < 1.29 is 13.9 Å². The van der Waals surface area contributed by atoms with Crippen molar-refractivity contribution in [3.63, 3.8) is 0 Å². The van der Waals surface area contributed by atoms with Crippen LogP contribution in [0.25, 0.3) is 16.6 Å². The van der Waals surface area contributed by atoms with Crippen molar-refractivity contribution in [3.8, 4) is 22.6 Å². The lowest BCUT2D eigenvalue weighted by atomic mass is 9.91. The van der Waals surface area contributed by atoms with E-state index in [9.17, 15) is 4.39 Å². The molecule has 0 saturated heterocycles. The number of ether oxygens (including phenoxy) is 2. The van der Waals surface area contributed by atoms with Crippen LogP contribution in [0.5, 0.6) is 11.5 Å². The van der Waals surface area contributed by atoms with E-state index in [1.54, 1.807) is 6.20 Å². The Morgan fingerprint density at radius 1 is 1.16 bits per heavy atom. The lowest BCUT2D eigenvalue weighted by molar-refractivity contribution is 0.173. The fraction of sp³-hybridized carbons (Fsp3) is 0.286. The number of fused-ring (bicyclic) bond motifs is 2. The van der Waals surface area contributed by atoms with Gasteiger partial charge in [-0.05, 0) is 62.4 Å². The first-order chi connectivity index (χ1) is 18.4. The van der Waals surface area contributed by atoms with Crippen LogP contribution in [0.4, 0.5) is 15.8 Å². The Bertz CT molecular complexity index is 1560. The Kier molecular flexibility index (Phi) is 6.33. The minimum atomic E-state index is -0.443. The molecule has 5 N–H and O–H groups in total. The summed E-state index contributed by atoms with van der Waals surface area (Å²) < 4.78 is 26.9. The molecular weight excluding hydrogens is 507 g/mol. The van der Waals surface area contributed by atoms with Gasteiger partial charge in [-0.25, -0.2) is 13.9 Å². The van der Waals surface area contributed by atoms with Crippen LogP contribution in [-0.4, -0.2) is 34.3 Å². The molecule has 3 heterocycles. The molecule has 0 radical (unpaired) electrons. The molecule has 6 rings (SSSR count). The average molecular weight is 535 g/mol. The van der Waals surface area contributed by atoms with E-state index in [0.29, 0.717) is 10.6 Å². The standard InChI is InChI=1S/C28H28ClFN6O2/c1-15-20(7-9-25-27(15)38-14-37-25)16-10-24-26(34-19-5-3-18(31)4-6-19)21(12-33-36(24)13-16)28(32)35-23-11-17(30)2-8-22(23)29/h2,7-13,18-19,34H,3-6,14,31H2,1H3,(H2,32,35)/t18-,19-. The zero-order valence-corrected chi connectivity index (χ0v) is 21.6. The van der Waals surface area contributed by atoms with Crippen LogP contribution < -0.4 is 26.3 Å². The van der Waals surface area contributed by atoms with Crippen LogP contribution in [0.3, 0.4) is 0 Å². The Morgan fingerprint density at radius 3 is 2.79 bits per heavy atom. The van der Waals surface area contributed by atoms with Gasteiger partial charge < -0.3 is 26.3 Å². The van der Waals surface area contributed by atoms with Gasteiger partial charge in [0.05, 0.1) is 33.7 Å². The zero-order chi connectivity index (χ0) is 26.4. The Labute approximate surface area is 224 Å². The molecule has 2 aromatic heterocycles. The maximum atomic E-state index is 13.9. The number of hydrogen-bond acceptors (Lipinski definition) is 6. The van der Waals surface area contributed by atoms with E-state index in [-0.39, 0.29) is 30.4 Å². The predicted molar refractivity (Wildman–Crippen MR) is 147 cm³/mol. The molecule has 1 saturated carbocycles. The SMILES string of the molecule is Cc1c(-c2cc3c(N[C@H]4CC[C@H](N)CC4)c(/C(N)=N/c4cc(F)ccc4Cl)cnn3c2)ccc2c1OCO2. The molecule has 1 aliphatic heterocycles. The topological polar surface area (TPSA) is 112 Å². The number of benzene rings is 2. The van der Waals surface area contributed by atoms with Gasteiger partial charge in [-0.3, -0.25) is 0 Å². The van der Waals surface area contributed by atoms with Gasteiger partial charge in [-0.15, -0.1) is 0 Å². The van der Waals surface area contributed by atoms with Crippen LogP contribution >= 0.6 is 11.6 Å². The third-order valence-electron chi connectivity index (χ3n) is 7.28. The summed E-state index contributed by atoms with van der Waals surface area (Å²) in [6.07, 6.45) is 7.42. The fourth-order valence-electron chi connectivity index (χ4n) is 5.20. The lowest BCUT2D eigenvalue weighted by Crippen LogP contribution is -2.33. The minimum Gasteiger partial charge on any atom is -0.454 e. The number of nitrogens with two attached hydrogens (primary N) is 2. The lowest BCUT2D eigenvalue weighted by Gasteiger charge is -2.28. The molecule has 8 nitrogen and oxygen atoms in total. The molecule has 0 amide bonds. The minimum absolute atomic E-state index is 0.185. The average Bonchev–Trinajstić information content (AvgIpc) is 3.56. The highest BCUT2D eigenvalue weighted by molar-refractivity contribution is 6.33. The van der Waals surface area contributed by atoms with Crippen molar-refractivity contribution in [1.82, 2.24) is 9.61 Å². The third kappa shape index (κ3) is 4.52. The fourth-order valence-corrected chi connectivity index (χ4v) is 5.36. The number of hydrogen-bond donors (Lipinski definition) is 3. The summed E-state index contributed by atoms with van der Waals surface area (Å²) in [4.78, 5) is 4.46. The smallest absolute Gasteiger partial charge is 0.231 e. The molecular formula is C28H28ClFN6O2. The summed E-state index contributed by atoms with van der Waals surface area (Å²) in [5.41, 5.74) is 18.1. The molecule has 1 aliphatic carbocycles. The van der Waals surface area contributed by atoms with Gasteiger partial charge in [-0.2, -0.15) is 5.10 Å². The highest BCUT2D eigenvalue weighted by Crippen LogP contribution is 2.41. The highest BCUT2D eigenvalue weighted by Gasteiger charge is 2.24. The number of rotatable bonds is 5. The second-order valence-electron chi connectivity index (χ2n) is 9.81. The Balaban J connectivity index is 1.46. The van der Waals surface area contributed by atoms with E-state index in [4.69, 9.17) is 32.5 Å². The zero-order valence-electron chi connectivity index (χ0n) is 20.9. The second kappa shape index (κ2) is 9.81. The van der Waals surface area contributed by atoms with E-state index in [1.165, 1.54) is 18.2 Å². The van der Waals surface area contributed by atoms with Gasteiger partial charge in [-0.1, -0.05) is 17.7 Å². The van der Waals surface area contributed by atoms with Crippen molar-refractivity contribution in [2.24, 2.45) is 16.5 Å². The van der Waals surface area contributed by atoms with Crippen LogP contribution in [0.1, 0.15) is 36.8 Å². The van der Waals surface area contributed by atoms with Crippen molar-refractivity contribution in [2.75, 3.05) is 12.1 Å². The first-order valence-corrected chi connectivity index (χ1v) is 13.0. The molecule has 0 bridgehead atoms. The largest absolute Gasteiger partial charge is 0.454 e. The van der Waals surface area contributed by atoms with Crippen LogP contribution in [0.2, 0.25) is 5.02 Å². The molecule has 0 unspecified atom stereocenters. The van der Waals surface area contributed by atoms with Gasteiger partial charge in [0, 0.05) is 35.5 Å². The molecule has 196 valence electrons. The van der Waals surface area contributed by atoms with E-state index < -0.39 is 5.82 Å². The van der Waals surface area contributed by atoms with Crippen molar-refractivity contribution >= 4 is 34.3 Å². The molecule has 2 aromatic carbocycles. The predicted octanol–water partition coefficient (Wildman–Crippen LogP) is 5.55. The molecule has 4 aromatic rings. The summed E-state index contributed by atoms with van der Waals surface area (Å²) in [6.45, 7) is 2.23. The Morgan fingerprint density at radius 2 is 1.97 bits per heavy atom. The summed E-state index contributed by atoms with van der Waals surface area (Å²) in [5, 5.41) is 8.64. The maximum Gasteiger partial charge on any atom is 0.231 e. The number of halogens is 2. The number of amidine groups is 1. The van der Waals surface area contributed by atoms with Crippen molar-refractivity contribution in [3.05, 3.63) is 70.8 Å². The van der Waals surface area contributed by atoms with E-state index in [2.05, 4.69) is 21.5 Å². The number of nitrogens with one attached hydrogen (secondary N) is 1.